The van der Waals surface area contributed by atoms with Crippen molar-refractivity contribution in [2.75, 3.05) is 19.6 Å². The van der Waals surface area contributed by atoms with Gasteiger partial charge in [-0.2, -0.15) is 0 Å². The van der Waals surface area contributed by atoms with Gasteiger partial charge in [-0.15, -0.1) is 0 Å². The van der Waals surface area contributed by atoms with Gasteiger partial charge in [0.1, 0.15) is 0 Å². The van der Waals surface area contributed by atoms with Gasteiger partial charge in [-0.1, -0.05) is 36.8 Å². The van der Waals surface area contributed by atoms with Crippen molar-refractivity contribution in [2.45, 2.75) is 38.3 Å². The molecule has 3 saturated heterocycles. The first kappa shape index (κ1) is 12.2. The molecule has 2 bridgehead atoms. The maximum atomic E-state index is 3.66. The monoisotopic (exact) mass is 244 g/mol. The van der Waals surface area contributed by atoms with Crippen LogP contribution in [0, 0.1) is 5.92 Å². The Balaban J connectivity index is 1.70. The van der Waals surface area contributed by atoms with Crippen LogP contribution in [0.25, 0.3) is 0 Å². The fraction of sp³-hybridized carbons (Fsp3) is 0.625. The van der Waals surface area contributed by atoms with Gasteiger partial charge < -0.3 is 5.32 Å². The van der Waals surface area contributed by atoms with Crippen LogP contribution in [0.5, 0.6) is 0 Å². The molecule has 3 aliphatic heterocycles. The molecule has 0 amide bonds. The Labute approximate surface area is 110 Å². The van der Waals surface area contributed by atoms with E-state index < -0.39 is 0 Å². The molecule has 0 aliphatic carbocycles. The summed E-state index contributed by atoms with van der Waals surface area (Å²) in [6.45, 7) is 4.84. The number of benzene rings is 1. The topological polar surface area (TPSA) is 15.3 Å². The Morgan fingerprint density at radius 3 is 2.83 bits per heavy atom. The van der Waals surface area contributed by atoms with E-state index in [0.717, 1.165) is 18.5 Å². The van der Waals surface area contributed by atoms with Crippen LogP contribution in [0.1, 0.15) is 31.2 Å². The van der Waals surface area contributed by atoms with E-state index in [4.69, 9.17) is 0 Å². The molecule has 1 aromatic carbocycles. The van der Waals surface area contributed by atoms with Crippen LogP contribution in [0.3, 0.4) is 0 Å². The summed E-state index contributed by atoms with van der Waals surface area (Å²) in [6, 6.07) is 11.7. The van der Waals surface area contributed by atoms with Crippen molar-refractivity contribution in [1.82, 2.24) is 10.2 Å². The highest BCUT2D eigenvalue weighted by Crippen LogP contribution is 2.24. The SMILES string of the molecule is c1ccc(CN2CCC3CCCC2CNC3)cc1. The fourth-order valence-corrected chi connectivity index (χ4v) is 3.42. The summed E-state index contributed by atoms with van der Waals surface area (Å²) in [5, 5.41) is 3.66. The van der Waals surface area contributed by atoms with Gasteiger partial charge in [0.15, 0.2) is 0 Å². The van der Waals surface area contributed by atoms with Crippen molar-refractivity contribution >= 4 is 0 Å². The highest BCUT2D eigenvalue weighted by molar-refractivity contribution is 5.14. The van der Waals surface area contributed by atoms with Crippen molar-refractivity contribution in [2.24, 2.45) is 5.92 Å². The minimum Gasteiger partial charge on any atom is -0.315 e. The number of hydrogen-bond acceptors (Lipinski definition) is 2. The van der Waals surface area contributed by atoms with E-state index in [2.05, 4.69) is 40.5 Å². The maximum absolute atomic E-state index is 3.66. The average Bonchev–Trinajstić information content (AvgIpc) is 2.33. The van der Waals surface area contributed by atoms with Gasteiger partial charge >= 0.3 is 0 Å². The summed E-state index contributed by atoms with van der Waals surface area (Å²) in [5.74, 6) is 0.907. The molecule has 2 atom stereocenters. The van der Waals surface area contributed by atoms with E-state index in [0.29, 0.717) is 0 Å². The van der Waals surface area contributed by atoms with E-state index >= 15 is 0 Å². The minimum absolute atomic E-state index is 0.742. The molecule has 1 N–H and O–H groups in total. The summed E-state index contributed by atoms with van der Waals surface area (Å²) < 4.78 is 0. The van der Waals surface area contributed by atoms with Crippen molar-refractivity contribution in [3.05, 3.63) is 35.9 Å². The average molecular weight is 244 g/mol. The lowest BCUT2D eigenvalue weighted by molar-refractivity contribution is 0.121. The largest absolute Gasteiger partial charge is 0.315 e. The highest BCUT2D eigenvalue weighted by Gasteiger charge is 2.25. The van der Waals surface area contributed by atoms with Gasteiger partial charge in [0.05, 0.1) is 0 Å². The van der Waals surface area contributed by atoms with Crippen LogP contribution in [0.2, 0.25) is 0 Å². The zero-order chi connectivity index (χ0) is 12.2. The van der Waals surface area contributed by atoms with Gasteiger partial charge in [0.25, 0.3) is 0 Å². The second kappa shape index (κ2) is 5.85. The van der Waals surface area contributed by atoms with Crippen LogP contribution >= 0.6 is 0 Å². The Morgan fingerprint density at radius 1 is 1.06 bits per heavy atom. The summed E-state index contributed by atoms with van der Waals surface area (Å²) >= 11 is 0. The zero-order valence-corrected chi connectivity index (χ0v) is 11.1. The lowest BCUT2D eigenvalue weighted by atomic mass is 9.90. The van der Waals surface area contributed by atoms with E-state index in [1.165, 1.54) is 50.9 Å². The van der Waals surface area contributed by atoms with Crippen molar-refractivity contribution in [1.29, 1.82) is 0 Å². The molecule has 4 rings (SSSR count). The van der Waals surface area contributed by atoms with Crippen molar-refractivity contribution in [3.63, 3.8) is 0 Å². The molecule has 3 aliphatic rings. The predicted octanol–water partition coefficient (Wildman–Crippen LogP) is 2.65. The molecule has 3 heterocycles. The molecule has 3 fully saturated rings. The Kier molecular flexibility index (Phi) is 3.96. The van der Waals surface area contributed by atoms with Crippen molar-refractivity contribution < 1.29 is 0 Å². The number of hydrogen-bond donors (Lipinski definition) is 1. The van der Waals surface area contributed by atoms with Crippen molar-refractivity contribution in [3.8, 4) is 0 Å². The standard InChI is InChI=1S/C16H24N2/c1-2-5-15(6-3-1)13-18-10-9-14-7-4-8-16(18)12-17-11-14/h1-3,5-6,14,16-17H,4,7-13H2. The molecule has 1 aromatic rings. The maximum Gasteiger partial charge on any atom is 0.0237 e. The quantitative estimate of drug-likeness (QED) is 0.860. The van der Waals surface area contributed by atoms with Crippen LogP contribution in [0.15, 0.2) is 30.3 Å². The second-order valence-corrected chi connectivity index (χ2v) is 5.85. The lowest BCUT2D eigenvalue weighted by Crippen LogP contribution is -2.48. The number of fused-ring (bicyclic) bond motifs is 6. The van der Waals surface area contributed by atoms with Crippen LogP contribution in [0.4, 0.5) is 0 Å². The summed E-state index contributed by atoms with van der Waals surface area (Å²) in [6.07, 6.45) is 5.59. The first-order valence-electron chi connectivity index (χ1n) is 7.40. The molecule has 0 radical (unpaired) electrons. The van der Waals surface area contributed by atoms with E-state index in [-0.39, 0.29) is 0 Å². The smallest absolute Gasteiger partial charge is 0.0237 e. The molecule has 98 valence electrons. The van der Waals surface area contributed by atoms with E-state index in [9.17, 15) is 0 Å². The minimum atomic E-state index is 0.742. The molecule has 0 aromatic heterocycles. The molecule has 2 heteroatoms. The van der Waals surface area contributed by atoms with Gasteiger partial charge in [-0.05, 0) is 43.8 Å². The first-order valence-corrected chi connectivity index (χ1v) is 7.40. The van der Waals surface area contributed by atoms with Gasteiger partial charge in [0, 0.05) is 19.1 Å². The third-order valence-electron chi connectivity index (χ3n) is 4.53. The third-order valence-corrected chi connectivity index (χ3v) is 4.53. The molecule has 0 saturated carbocycles. The van der Waals surface area contributed by atoms with Crippen LogP contribution < -0.4 is 5.32 Å². The molecule has 2 unspecified atom stereocenters. The number of nitrogens with zero attached hydrogens (tertiary/aromatic N) is 1. The number of rotatable bonds is 2. The third kappa shape index (κ3) is 2.93. The van der Waals surface area contributed by atoms with Gasteiger partial charge in [0.2, 0.25) is 0 Å². The summed E-state index contributed by atoms with van der Waals surface area (Å²) in [4.78, 5) is 2.70. The molecule has 18 heavy (non-hydrogen) atoms. The fourth-order valence-electron chi connectivity index (χ4n) is 3.42. The molecule has 2 nitrogen and oxygen atoms in total. The summed E-state index contributed by atoms with van der Waals surface area (Å²) in [5.41, 5.74) is 1.46. The Bertz CT molecular complexity index is 353. The second-order valence-electron chi connectivity index (χ2n) is 5.85. The van der Waals surface area contributed by atoms with Gasteiger partial charge in [-0.3, -0.25) is 4.90 Å². The van der Waals surface area contributed by atoms with Gasteiger partial charge in [-0.25, -0.2) is 0 Å². The van der Waals surface area contributed by atoms with Crippen LogP contribution in [-0.4, -0.2) is 30.6 Å². The Morgan fingerprint density at radius 2 is 1.94 bits per heavy atom. The van der Waals surface area contributed by atoms with Crippen LogP contribution in [-0.2, 0) is 6.54 Å². The van der Waals surface area contributed by atoms with E-state index in [1.54, 1.807) is 0 Å². The predicted molar refractivity (Wildman–Crippen MR) is 75.5 cm³/mol. The lowest BCUT2D eigenvalue weighted by Gasteiger charge is -2.39. The van der Waals surface area contributed by atoms with E-state index in [1.807, 2.05) is 0 Å². The summed E-state index contributed by atoms with van der Waals surface area (Å²) in [7, 11) is 0. The molecule has 0 spiro atoms. The highest BCUT2D eigenvalue weighted by atomic mass is 15.2. The number of nitrogens with one attached hydrogen (secondary N) is 1. The normalized spacial score (nSPS) is 29.6. The molecular weight excluding hydrogens is 220 g/mol. The first-order chi connectivity index (χ1) is 8.92. The zero-order valence-electron chi connectivity index (χ0n) is 11.1. The Hall–Kier alpha value is -0.860. The molecular formula is C16H24N2.